The molecule has 8 heteroatoms. The molecule has 0 saturated heterocycles. The molecule has 0 bridgehead atoms. The number of carbonyl (C=O) groups is 1. The number of anilines is 2. The summed E-state index contributed by atoms with van der Waals surface area (Å²) in [6, 6.07) is 15.1. The second-order valence-electron chi connectivity index (χ2n) is 7.34. The van der Waals surface area contributed by atoms with Crippen LogP contribution in [0.2, 0.25) is 0 Å². The number of methoxy groups -OCH3 is 1. The number of para-hydroxylation sites is 2. The summed E-state index contributed by atoms with van der Waals surface area (Å²) in [5, 5.41) is 0. The van der Waals surface area contributed by atoms with E-state index in [9.17, 15) is 13.2 Å². The van der Waals surface area contributed by atoms with Crippen molar-refractivity contribution in [2.75, 3.05) is 23.8 Å². The van der Waals surface area contributed by atoms with E-state index in [0.717, 1.165) is 11.1 Å². The summed E-state index contributed by atoms with van der Waals surface area (Å²) in [5.74, 6) is 0.850. The third kappa shape index (κ3) is 3.70. The maximum absolute atomic E-state index is 13.1. The number of carbonyl (C=O) groups excluding carboxylic acids is 1. The van der Waals surface area contributed by atoms with Crippen molar-refractivity contribution in [3.63, 3.8) is 0 Å². The van der Waals surface area contributed by atoms with Gasteiger partial charge in [-0.1, -0.05) is 12.1 Å². The summed E-state index contributed by atoms with van der Waals surface area (Å²) in [7, 11) is -0.882. The Morgan fingerprint density at radius 2 is 1.68 bits per heavy atom. The number of rotatable bonds is 4. The van der Waals surface area contributed by atoms with Gasteiger partial charge in [0, 0.05) is 12.7 Å². The van der Waals surface area contributed by atoms with E-state index in [4.69, 9.17) is 9.47 Å². The monoisotopic (exact) mass is 438 g/mol. The predicted octanol–water partition coefficient (Wildman–Crippen LogP) is 4.50. The highest BCUT2D eigenvalue weighted by Gasteiger charge is 2.27. The van der Waals surface area contributed by atoms with E-state index in [-0.39, 0.29) is 27.8 Å². The molecule has 1 aliphatic heterocycles. The molecule has 7 nitrogen and oxygen atoms in total. The Labute approximate surface area is 181 Å². The minimum atomic E-state index is -3.96. The van der Waals surface area contributed by atoms with Crippen molar-refractivity contribution < 1.29 is 22.7 Å². The molecule has 160 valence electrons. The van der Waals surface area contributed by atoms with E-state index in [1.807, 2.05) is 26.0 Å². The number of fused-ring (bicyclic) bond motifs is 2. The molecule has 0 radical (unpaired) electrons. The van der Waals surface area contributed by atoms with Crippen LogP contribution in [0.25, 0.3) is 0 Å². The van der Waals surface area contributed by atoms with Crippen molar-refractivity contribution in [3.05, 3.63) is 71.3 Å². The van der Waals surface area contributed by atoms with Gasteiger partial charge in [0.2, 0.25) is 0 Å². The van der Waals surface area contributed by atoms with Crippen LogP contribution in [0, 0.1) is 13.8 Å². The van der Waals surface area contributed by atoms with Crippen LogP contribution < -0.4 is 19.1 Å². The second kappa shape index (κ2) is 7.63. The lowest BCUT2D eigenvalue weighted by Crippen LogP contribution is -2.25. The second-order valence-corrected chi connectivity index (χ2v) is 8.99. The average Bonchev–Trinajstić information content (AvgIpc) is 2.84. The summed E-state index contributed by atoms with van der Waals surface area (Å²) in [6.45, 7) is 3.72. The van der Waals surface area contributed by atoms with E-state index in [1.165, 1.54) is 18.1 Å². The predicted molar refractivity (Wildman–Crippen MR) is 119 cm³/mol. The zero-order chi connectivity index (χ0) is 22.3. The Balaban J connectivity index is 1.73. The van der Waals surface area contributed by atoms with Crippen LogP contribution in [0.5, 0.6) is 17.2 Å². The number of sulfonamides is 1. The van der Waals surface area contributed by atoms with Gasteiger partial charge in [0.25, 0.3) is 15.9 Å². The zero-order valence-electron chi connectivity index (χ0n) is 17.6. The number of hydrogen-bond donors (Lipinski definition) is 1. The topological polar surface area (TPSA) is 84.9 Å². The molecule has 0 aliphatic carbocycles. The molecule has 1 heterocycles. The van der Waals surface area contributed by atoms with Gasteiger partial charge in [-0.2, -0.15) is 0 Å². The molecule has 0 spiro atoms. The SMILES string of the molecule is COc1cc(C)c(C)cc1S(=O)(=O)Nc1ccc2c(c1)C(=O)N(C)c1ccccc1O2. The quantitative estimate of drug-likeness (QED) is 0.649. The van der Waals surface area contributed by atoms with Crippen molar-refractivity contribution in [2.45, 2.75) is 18.7 Å². The third-order valence-corrected chi connectivity index (χ3v) is 6.69. The fourth-order valence-electron chi connectivity index (χ4n) is 3.42. The Morgan fingerprint density at radius 3 is 2.42 bits per heavy atom. The van der Waals surface area contributed by atoms with Crippen LogP contribution in [-0.2, 0) is 10.0 Å². The van der Waals surface area contributed by atoms with E-state index in [0.29, 0.717) is 17.2 Å². The highest BCUT2D eigenvalue weighted by Crippen LogP contribution is 2.39. The molecule has 3 aromatic carbocycles. The Hall–Kier alpha value is -3.52. The minimum Gasteiger partial charge on any atom is -0.495 e. The van der Waals surface area contributed by atoms with Crippen LogP contribution >= 0.6 is 0 Å². The molecule has 0 atom stereocenters. The molecule has 1 N–H and O–H groups in total. The van der Waals surface area contributed by atoms with Crippen LogP contribution in [0.15, 0.2) is 59.5 Å². The number of amides is 1. The molecule has 0 unspecified atom stereocenters. The molecule has 31 heavy (non-hydrogen) atoms. The Morgan fingerprint density at radius 1 is 0.968 bits per heavy atom. The Kier molecular flexibility index (Phi) is 5.10. The lowest BCUT2D eigenvalue weighted by Gasteiger charge is -2.16. The van der Waals surface area contributed by atoms with Gasteiger partial charge in [-0.3, -0.25) is 9.52 Å². The van der Waals surface area contributed by atoms with Gasteiger partial charge in [-0.25, -0.2) is 8.42 Å². The molecular formula is C23H22N2O5S. The first-order valence-corrected chi connectivity index (χ1v) is 11.1. The molecule has 1 amide bonds. The summed E-state index contributed by atoms with van der Waals surface area (Å²) in [6.07, 6.45) is 0. The highest BCUT2D eigenvalue weighted by atomic mass is 32.2. The summed E-state index contributed by atoms with van der Waals surface area (Å²) in [4.78, 5) is 14.5. The van der Waals surface area contributed by atoms with Gasteiger partial charge < -0.3 is 14.4 Å². The molecule has 4 rings (SSSR count). The number of nitrogens with zero attached hydrogens (tertiary/aromatic N) is 1. The van der Waals surface area contributed by atoms with Crippen LogP contribution in [-0.4, -0.2) is 28.5 Å². The van der Waals surface area contributed by atoms with E-state index in [1.54, 1.807) is 43.4 Å². The number of ether oxygens (including phenoxy) is 2. The van der Waals surface area contributed by atoms with Crippen LogP contribution in [0.3, 0.4) is 0 Å². The van der Waals surface area contributed by atoms with E-state index >= 15 is 0 Å². The molecule has 1 aliphatic rings. The number of benzene rings is 3. The van der Waals surface area contributed by atoms with Crippen molar-refractivity contribution in [3.8, 4) is 17.2 Å². The van der Waals surface area contributed by atoms with Crippen LogP contribution in [0.4, 0.5) is 11.4 Å². The van der Waals surface area contributed by atoms with Crippen molar-refractivity contribution >= 4 is 27.3 Å². The van der Waals surface area contributed by atoms with Crippen molar-refractivity contribution in [1.29, 1.82) is 0 Å². The molecule has 0 aromatic heterocycles. The van der Waals surface area contributed by atoms with Gasteiger partial charge in [-0.05, 0) is 67.4 Å². The smallest absolute Gasteiger partial charge is 0.265 e. The molecular weight excluding hydrogens is 416 g/mol. The van der Waals surface area contributed by atoms with E-state index < -0.39 is 10.0 Å². The van der Waals surface area contributed by atoms with Crippen molar-refractivity contribution in [2.24, 2.45) is 0 Å². The molecule has 3 aromatic rings. The minimum absolute atomic E-state index is 0.0279. The fraction of sp³-hybridized carbons (Fsp3) is 0.174. The lowest BCUT2D eigenvalue weighted by molar-refractivity contribution is 0.0993. The van der Waals surface area contributed by atoms with Gasteiger partial charge >= 0.3 is 0 Å². The zero-order valence-corrected chi connectivity index (χ0v) is 18.4. The summed E-state index contributed by atoms with van der Waals surface area (Å²) < 4.78 is 39.9. The number of aryl methyl sites for hydroxylation is 2. The first-order chi connectivity index (χ1) is 14.7. The van der Waals surface area contributed by atoms with Gasteiger partial charge in [0.1, 0.15) is 16.4 Å². The maximum Gasteiger partial charge on any atom is 0.265 e. The lowest BCUT2D eigenvalue weighted by atomic mass is 10.1. The first kappa shape index (κ1) is 20.7. The molecule has 0 saturated carbocycles. The normalized spacial score (nSPS) is 13.0. The highest BCUT2D eigenvalue weighted by molar-refractivity contribution is 7.92. The average molecular weight is 439 g/mol. The summed E-state index contributed by atoms with van der Waals surface area (Å²) in [5.41, 5.74) is 2.88. The number of nitrogens with one attached hydrogen (secondary N) is 1. The largest absolute Gasteiger partial charge is 0.495 e. The van der Waals surface area contributed by atoms with Crippen LogP contribution in [0.1, 0.15) is 21.5 Å². The van der Waals surface area contributed by atoms with E-state index in [2.05, 4.69) is 4.72 Å². The van der Waals surface area contributed by atoms with Gasteiger partial charge in [0.15, 0.2) is 5.75 Å². The van der Waals surface area contributed by atoms with Gasteiger partial charge in [0.05, 0.1) is 18.4 Å². The first-order valence-electron chi connectivity index (χ1n) is 9.58. The Bertz CT molecular complexity index is 1300. The maximum atomic E-state index is 13.1. The number of hydrogen-bond acceptors (Lipinski definition) is 5. The standard InChI is InChI=1S/C23H22N2O5S/c1-14-11-21(29-4)22(12-15(14)2)31(27,28)24-16-9-10-19-17(13-16)23(26)25(3)18-7-5-6-8-20(18)30-19/h5-13,24H,1-4H3. The summed E-state index contributed by atoms with van der Waals surface area (Å²) >= 11 is 0. The third-order valence-electron chi connectivity index (χ3n) is 5.28. The molecule has 0 fully saturated rings. The van der Waals surface area contributed by atoms with Gasteiger partial charge in [-0.15, -0.1) is 0 Å². The van der Waals surface area contributed by atoms with Crippen molar-refractivity contribution in [1.82, 2.24) is 0 Å². The fourth-order valence-corrected chi connectivity index (χ4v) is 4.71.